The molecule has 6 heteroatoms. The number of carbonyl (C=O) groups excluding carboxylic acids is 2. The van der Waals surface area contributed by atoms with Gasteiger partial charge in [-0.05, 0) is 31.9 Å². The smallest absolute Gasteiger partial charge is 0.324 e. The van der Waals surface area contributed by atoms with Crippen molar-refractivity contribution in [3.05, 3.63) is 35.9 Å². The van der Waals surface area contributed by atoms with E-state index in [9.17, 15) is 9.59 Å². The van der Waals surface area contributed by atoms with Gasteiger partial charge in [0, 0.05) is 19.1 Å². The molecule has 0 radical (unpaired) electrons. The van der Waals surface area contributed by atoms with E-state index in [1.54, 1.807) is 0 Å². The fourth-order valence-corrected chi connectivity index (χ4v) is 4.47. The Labute approximate surface area is 154 Å². The predicted octanol–water partition coefficient (Wildman–Crippen LogP) is 1.70. The lowest BCUT2D eigenvalue weighted by molar-refractivity contribution is -0.149. The highest BCUT2D eigenvalue weighted by atomic mass is 16.5. The standard InChI is InChI=1S/C20H28N2O4/c1-3-26-20(24)19-17(14-9-5-4-6-10-14)18(21-16(23)13-25-2)15-11-7-8-12-22(15)19/h4-6,9-10,15,17-19H,3,7-8,11-13H2,1-2H3,(H,21,23)/t15-,17-,18+,19+/m1/s1. The number of hydrogen-bond acceptors (Lipinski definition) is 5. The summed E-state index contributed by atoms with van der Waals surface area (Å²) in [5.41, 5.74) is 1.06. The first-order valence-electron chi connectivity index (χ1n) is 9.43. The molecule has 1 aromatic rings. The Morgan fingerprint density at radius 2 is 2.00 bits per heavy atom. The van der Waals surface area contributed by atoms with Crippen LogP contribution in [-0.2, 0) is 19.1 Å². The Balaban J connectivity index is 1.97. The number of esters is 1. The summed E-state index contributed by atoms with van der Waals surface area (Å²) < 4.78 is 10.4. The lowest BCUT2D eigenvalue weighted by atomic mass is 9.85. The van der Waals surface area contributed by atoms with Crippen molar-refractivity contribution in [1.29, 1.82) is 0 Å². The van der Waals surface area contributed by atoms with Crippen molar-refractivity contribution in [2.24, 2.45) is 0 Å². The van der Waals surface area contributed by atoms with Crippen LogP contribution in [0.2, 0.25) is 0 Å². The molecule has 2 aliphatic rings. The summed E-state index contributed by atoms with van der Waals surface area (Å²) >= 11 is 0. The minimum absolute atomic E-state index is 0.0226. The van der Waals surface area contributed by atoms with Gasteiger partial charge in [0.05, 0.1) is 12.6 Å². The van der Waals surface area contributed by atoms with Crippen LogP contribution in [-0.4, -0.2) is 61.8 Å². The molecule has 2 heterocycles. The zero-order chi connectivity index (χ0) is 18.5. The SMILES string of the molecule is CCOC(=O)[C@@H]1[C@H](c2ccccc2)[C@@H](NC(=O)COC)[C@H]2CCCCN21. The fourth-order valence-electron chi connectivity index (χ4n) is 4.47. The van der Waals surface area contributed by atoms with E-state index in [1.807, 2.05) is 37.3 Å². The van der Waals surface area contributed by atoms with Crippen LogP contribution < -0.4 is 5.32 Å². The van der Waals surface area contributed by atoms with Crippen LogP contribution in [0.5, 0.6) is 0 Å². The van der Waals surface area contributed by atoms with Crippen molar-refractivity contribution in [2.75, 3.05) is 26.9 Å². The number of ether oxygens (including phenoxy) is 2. The van der Waals surface area contributed by atoms with Crippen LogP contribution in [0.1, 0.15) is 37.7 Å². The Morgan fingerprint density at radius 1 is 1.23 bits per heavy atom. The molecule has 0 bridgehead atoms. The molecule has 2 fully saturated rings. The van der Waals surface area contributed by atoms with Gasteiger partial charge in [0.15, 0.2) is 0 Å². The topological polar surface area (TPSA) is 67.9 Å². The molecule has 1 N–H and O–H groups in total. The Kier molecular flexibility index (Phi) is 6.27. The second kappa shape index (κ2) is 8.64. The second-order valence-corrected chi connectivity index (χ2v) is 6.96. The molecule has 2 aliphatic heterocycles. The number of benzene rings is 1. The molecule has 0 aromatic heterocycles. The fraction of sp³-hybridized carbons (Fsp3) is 0.600. The Hall–Kier alpha value is -1.92. The van der Waals surface area contributed by atoms with Crippen molar-refractivity contribution in [3.63, 3.8) is 0 Å². The molecule has 0 spiro atoms. The molecule has 3 rings (SSSR count). The maximum atomic E-state index is 12.8. The third kappa shape index (κ3) is 3.76. The van der Waals surface area contributed by atoms with Gasteiger partial charge >= 0.3 is 5.97 Å². The summed E-state index contributed by atoms with van der Waals surface area (Å²) in [6.45, 7) is 3.06. The van der Waals surface area contributed by atoms with E-state index in [1.165, 1.54) is 7.11 Å². The first kappa shape index (κ1) is 18.9. The number of hydrogen-bond donors (Lipinski definition) is 1. The van der Waals surface area contributed by atoms with Gasteiger partial charge in [-0.25, -0.2) is 0 Å². The number of amides is 1. The van der Waals surface area contributed by atoms with Crippen molar-refractivity contribution in [2.45, 2.75) is 50.2 Å². The van der Waals surface area contributed by atoms with E-state index in [-0.39, 0.29) is 42.5 Å². The molecular weight excluding hydrogens is 332 g/mol. The summed E-state index contributed by atoms with van der Waals surface area (Å²) in [4.78, 5) is 27.4. The number of nitrogens with one attached hydrogen (secondary N) is 1. The van der Waals surface area contributed by atoms with Gasteiger partial charge in [0.25, 0.3) is 0 Å². The number of piperidine rings is 1. The number of carbonyl (C=O) groups is 2. The van der Waals surface area contributed by atoms with Gasteiger partial charge in [0.1, 0.15) is 12.6 Å². The lowest BCUT2D eigenvalue weighted by Crippen LogP contribution is -2.49. The maximum absolute atomic E-state index is 12.8. The van der Waals surface area contributed by atoms with E-state index >= 15 is 0 Å². The van der Waals surface area contributed by atoms with Gasteiger partial charge in [-0.3, -0.25) is 14.5 Å². The Bertz CT molecular complexity index is 621. The zero-order valence-corrected chi connectivity index (χ0v) is 15.5. The van der Waals surface area contributed by atoms with E-state index in [2.05, 4.69) is 10.2 Å². The van der Waals surface area contributed by atoms with Crippen LogP contribution >= 0.6 is 0 Å². The van der Waals surface area contributed by atoms with Gasteiger partial charge in [-0.15, -0.1) is 0 Å². The molecule has 1 amide bonds. The van der Waals surface area contributed by atoms with E-state index in [4.69, 9.17) is 9.47 Å². The molecule has 0 saturated carbocycles. The first-order chi connectivity index (χ1) is 12.7. The number of nitrogens with zero attached hydrogens (tertiary/aromatic N) is 1. The molecule has 4 atom stereocenters. The largest absolute Gasteiger partial charge is 0.465 e. The number of fused-ring (bicyclic) bond motifs is 1. The highest BCUT2D eigenvalue weighted by molar-refractivity contribution is 5.80. The average molecular weight is 360 g/mol. The lowest BCUT2D eigenvalue weighted by Gasteiger charge is -2.34. The van der Waals surface area contributed by atoms with Crippen molar-refractivity contribution < 1.29 is 19.1 Å². The minimum atomic E-state index is -0.365. The third-order valence-electron chi connectivity index (χ3n) is 5.41. The van der Waals surface area contributed by atoms with E-state index < -0.39 is 0 Å². The average Bonchev–Trinajstić information content (AvgIpc) is 2.97. The molecule has 142 valence electrons. The maximum Gasteiger partial charge on any atom is 0.324 e. The summed E-state index contributed by atoms with van der Waals surface area (Å²) in [6.07, 6.45) is 3.14. The molecule has 2 saturated heterocycles. The molecule has 1 aromatic carbocycles. The van der Waals surface area contributed by atoms with Crippen molar-refractivity contribution >= 4 is 11.9 Å². The monoisotopic (exact) mass is 360 g/mol. The van der Waals surface area contributed by atoms with Crippen LogP contribution in [0.25, 0.3) is 0 Å². The van der Waals surface area contributed by atoms with Gasteiger partial charge in [-0.1, -0.05) is 36.8 Å². The molecule has 0 aliphatic carbocycles. The van der Waals surface area contributed by atoms with Crippen LogP contribution in [0.4, 0.5) is 0 Å². The second-order valence-electron chi connectivity index (χ2n) is 6.96. The summed E-state index contributed by atoms with van der Waals surface area (Å²) in [5, 5.41) is 3.14. The van der Waals surface area contributed by atoms with Gasteiger partial charge in [0.2, 0.25) is 5.91 Å². The van der Waals surface area contributed by atoms with E-state index in [0.29, 0.717) is 6.61 Å². The van der Waals surface area contributed by atoms with Gasteiger partial charge < -0.3 is 14.8 Å². The van der Waals surface area contributed by atoms with Crippen LogP contribution in [0.15, 0.2) is 30.3 Å². The molecule has 0 unspecified atom stereocenters. The van der Waals surface area contributed by atoms with Crippen LogP contribution in [0.3, 0.4) is 0 Å². The predicted molar refractivity (Wildman–Crippen MR) is 97.8 cm³/mol. The number of rotatable bonds is 6. The molecule has 26 heavy (non-hydrogen) atoms. The molecular formula is C20H28N2O4. The highest BCUT2D eigenvalue weighted by Gasteiger charge is 2.53. The highest BCUT2D eigenvalue weighted by Crippen LogP contribution is 2.42. The summed E-state index contributed by atoms with van der Waals surface area (Å²) in [5.74, 6) is -0.468. The Morgan fingerprint density at radius 3 is 2.69 bits per heavy atom. The quantitative estimate of drug-likeness (QED) is 0.782. The number of methoxy groups -OCH3 is 1. The molecule has 6 nitrogen and oxygen atoms in total. The van der Waals surface area contributed by atoms with Crippen molar-refractivity contribution in [1.82, 2.24) is 10.2 Å². The van der Waals surface area contributed by atoms with Crippen molar-refractivity contribution in [3.8, 4) is 0 Å². The summed E-state index contributed by atoms with van der Waals surface area (Å²) in [7, 11) is 1.51. The first-order valence-corrected chi connectivity index (χ1v) is 9.43. The summed E-state index contributed by atoms with van der Waals surface area (Å²) in [6, 6.07) is 9.62. The minimum Gasteiger partial charge on any atom is -0.465 e. The van der Waals surface area contributed by atoms with Crippen LogP contribution in [0, 0.1) is 0 Å². The normalized spacial score (nSPS) is 28.4. The van der Waals surface area contributed by atoms with E-state index in [0.717, 1.165) is 31.4 Å². The zero-order valence-electron chi connectivity index (χ0n) is 15.5. The third-order valence-corrected chi connectivity index (χ3v) is 5.41. The van der Waals surface area contributed by atoms with Gasteiger partial charge in [-0.2, -0.15) is 0 Å².